The summed E-state index contributed by atoms with van der Waals surface area (Å²) in [5, 5.41) is 9.31. The van der Waals surface area contributed by atoms with Crippen LogP contribution in [-0.4, -0.2) is 23.5 Å². The van der Waals surface area contributed by atoms with Crippen molar-refractivity contribution in [3.63, 3.8) is 0 Å². The van der Waals surface area contributed by atoms with Gasteiger partial charge in [-0.1, -0.05) is 22.0 Å². The lowest BCUT2D eigenvalue weighted by molar-refractivity contribution is -0.117. The number of nitrogens with zero attached hydrogens (tertiary/aromatic N) is 1. The summed E-state index contributed by atoms with van der Waals surface area (Å²) in [6.07, 6.45) is 2.13. The maximum absolute atomic E-state index is 12.0. The Balaban J connectivity index is 2.53. The van der Waals surface area contributed by atoms with Crippen LogP contribution in [0.4, 0.5) is 5.69 Å². The van der Waals surface area contributed by atoms with Crippen molar-refractivity contribution < 1.29 is 14.7 Å². The van der Waals surface area contributed by atoms with Gasteiger partial charge in [0, 0.05) is 23.4 Å². The average molecular weight is 324 g/mol. The molecule has 1 aromatic rings. The average Bonchev–Trinajstić information content (AvgIpc) is 2.69. The lowest BCUT2D eigenvalue weighted by atomic mass is 10.1. The minimum absolute atomic E-state index is 0.0576. The summed E-state index contributed by atoms with van der Waals surface area (Å²) in [7, 11) is 0. The first-order chi connectivity index (χ1) is 8.93. The largest absolute Gasteiger partial charge is 0.478 e. The van der Waals surface area contributed by atoms with E-state index in [9.17, 15) is 14.7 Å². The van der Waals surface area contributed by atoms with Gasteiger partial charge < -0.3 is 10.0 Å². The van der Waals surface area contributed by atoms with Gasteiger partial charge in [-0.25, -0.2) is 4.79 Å². The van der Waals surface area contributed by atoms with Gasteiger partial charge in [0.2, 0.25) is 5.91 Å². The van der Waals surface area contributed by atoms with Gasteiger partial charge in [-0.3, -0.25) is 4.79 Å². The van der Waals surface area contributed by atoms with E-state index in [4.69, 9.17) is 0 Å². The third kappa shape index (κ3) is 2.56. The Hall–Kier alpha value is -1.62. The molecule has 4 nitrogen and oxygen atoms in total. The first-order valence-corrected chi connectivity index (χ1v) is 6.69. The molecule has 1 aliphatic rings. The molecule has 1 aliphatic heterocycles. The molecule has 100 valence electrons. The van der Waals surface area contributed by atoms with Crippen LogP contribution < -0.4 is 4.90 Å². The van der Waals surface area contributed by atoms with Gasteiger partial charge in [-0.15, -0.1) is 6.58 Å². The van der Waals surface area contributed by atoms with E-state index in [0.29, 0.717) is 23.1 Å². The molecule has 1 N–H and O–H groups in total. The molecule has 0 aliphatic carbocycles. The van der Waals surface area contributed by atoms with Gasteiger partial charge >= 0.3 is 5.97 Å². The highest BCUT2D eigenvalue weighted by Gasteiger charge is 2.32. The first-order valence-electron chi connectivity index (χ1n) is 5.90. The van der Waals surface area contributed by atoms with Crippen LogP contribution in [0.1, 0.15) is 22.3 Å². The van der Waals surface area contributed by atoms with Crippen LogP contribution in [0.3, 0.4) is 0 Å². The fraction of sp³-hybridized carbons (Fsp3) is 0.286. The molecule has 19 heavy (non-hydrogen) atoms. The van der Waals surface area contributed by atoms with E-state index in [-0.39, 0.29) is 17.4 Å². The Morgan fingerprint density at radius 3 is 2.79 bits per heavy atom. The van der Waals surface area contributed by atoms with E-state index < -0.39 is 5.97 Å². The molecule has 0 aromatic heterocycles. The van der Waals surface area contributed by atoms with Crippen molar-refractivity contribution in [3.8, 4) is 0 Å². The molecule has 0 bridgehead atoms. The highest BCUT2D eigenvalue weighted by atomic mass is 79.9. The molecule has 1 atom stereocenters. The maximum Gasteiger partial charge on any atom is 0.337 e. The number of anilines is 1. The summed E-state index contributed by atoms with van der Waals surface area (Å²) in [4.78, 5) is 24.9. The molecular weight excluding hydrogens is 310 g/mol. The minimum Gasteiger partial charge on any atom is -0.478 e. The lowest BCUT2D eigenvalue weighted by Crippen LogP contribution is -2.27. The number of carbonyl (C=O) groups excluding carboxylic acids is 1. The molecule has 2 rings (SSSR count). The quantitative estimate of drug-likeness (QED) is 0.870. The second-order valence-electron chi connectivity index (χ2n) is 4.63. The van der Waals surface area contributed by atoms with E-state index >= 15 is 0 Å². The van der Waals surface area contributed by atoms with Crippen LogP contribution >= 0.6 is 15.9 Å². The molecule has 5 heteroatoms. The summed E-state index contributed by atoms with van der Waals surface area (Å²) < 4.78 is 0.693. The lowest BCUT2D eigenvalue weighted by Gasteiger charge is -2.21. The van der Waals surface area contributed by atoms with Crippen molar-refractivity contribution >= 4 is 33.5 Å². The number of hydrogen-bond acceptors (Lipinski definition) is 2. The molecule has 0 radical (unpaired) electrons. The number of benzene rings is 1. The van der Waals surface area contributed by atoms with Crippen molar-refractivity contribution in [2.45, 2.75) is 13.3 Å². The van der Waals surface area contributed by atoms with Crippen molar-refractivity contribution in [1.82, 2.24) is 0 Å². The molecule has 1 amide bonds. The second-order valence-corrected chi connectivity index (χ2v) is 5.54. The summed E-state index contributed by atoms with van der Waals surface area (Å²) in [6, 6.07) is 3.34. The Labute approximate surface area is 119 Å². The Morgan fingerprint density at radius 1 is 1.58 bits per heavy atom. The second kappa shape index (κ2) is 5.17. The van der Waals surface area contributed by atoms with Crippen LogP contribution in [0, 0.1) is 12.8 Å². The van der Waals surface area contributed by atoms with Crippen LogP contribution in [0.15, 0.2) is 29.3 Å². The smallest absolute Gasteiger partial charge is 0.337 e. The predicted octanol–water partition coefficient (Wildman–Crippen LogP) is 2.99. The van der Waals surface area contributed by atoms with E-state index in [2.05, 4.69) is 22.5 Å². The Bertz CT molecular complexity index is 568. The number of aromatic carboxylic acids is 1. The number of hydrogen-bond donors (Lipinski definition) is 1. The van der Waals surface area contributed by atoms with Crippen molar-refractivity contribution in [1.29, 1.82) is 0 Å². The van der Waals surface area contributed by atoms with Gasteiger partial charge in [0.05, 0.1) is 11.3 Å². The Kier molecular flexibility index (Phi) is 3.75. The van der Waals surface area contributed by atoms with Gasteiger partial charge in [0.1, 0.15) is 0 Å². The summed E-state index contributed by atoms with van der Waals surface area (Å²) >= 11 is 3.28. The summed E-state index contributed by atoms with van der Waals surface area (Å²) in [5.74, 6) is -1.01. The van der Waals surface area contributed by atoms with Crippen molar-refractivity contribution in [2.24, 2.45) is 5.92 Å². The molecule has 1 heterocycles. The summed E-state index contributed by atoms with van der Waals surface area (Å²) in [5.41, 5.74) is 1.40. The van der Waals surface area contributed by atoms with Crippen LogP contribution in [0.2, 0.25) is 0 Å². The van der Waals surface area contributed by atoms with Gasteiger partial charge in [-0.05, 0) is 24.6 Å². The first kappa shape index (κ1) is 13.8. The number of aryl methyl sites for hydroxylation is 1. The SMILES string of the molecule is C=CC1CC(=O)N(c2c(C)cc(Br)cc2C(=O)O)C1. The number of rotatable bonds is 3. The van der Waals surface area contributed by atoms with Gasteiger partial charge in [0.15, 0.2) is 0 Å². The maximum atomic E-state index is 12.0. The monoisotopic (exact) mass is 323 g/mol. The molecule has 1 aromatic carbocycles. The van der Waals surface area contributed by atoms with Crippen LogP contribution in [-0.2, 0) is 4.79 Å². The van der Waals surface area contributed by atoms with Crippen LogP contribution in [0.5, 0.6) is 0 Å². The molecular formula is C14H14BrNO3. The Morgan fingerprint density at radius 2 is 2.26 bits per heavy atom. The summed E-state index contributed by atoms with van der Waals surface area (Å²) in [6.45, 7) is 5.99. The zero-order chi connectivity index (χ0) is 14.2. The van der Waals surface area contributed by atoms with E-state index in [1.807, 2.05) is 6.07 Å². The van der Waals surface area contributed by atoms with Crippen molar-refractivity contribution in [3.05, 3.63) is 40.4 Å². The third-order valence-electron chi connectivity index (χ3n) is 3.25. The highest BCUT2D eigenvalue weighted by molar-refractivity contribution is 9.10. The standard InChI is InChI=1S/C14H14BrNO3/c1-3-9-5-12(17)16(7-9)13-8(2)4-10(15)6-11(13)14(18)19/h3-4,6,9H,1,5,7H2,2H3,(H,18,19). The minimum atomic E-state index is -1.03. The fourth-order valence-corrected chi connectivity index (χ4v) is 2.94. The zero-order valence-corrected chi connectivity index (χ0v) is 12.1. The molecule has 1 saturated heterocycles. The normalized spacial score (nSPS) is 18.7. The number of halogens is 1. The number of amides is 1. The van der Waals surface area contributed by atoms with Gasteiger partial charge in [-0.2, -0.15) is 0 Å². The fourth-order valence-electron chi connectivity index (χ4n) is 2.37. The molecule has 0 saturated carbocycles. The van der Waals surface area contributed by atoms with E-state index in [1.54, 1.807) is 17.9 Å². The van der Waals surface area contributed by atoms with E-state index in [0.717, 1.165) is 5.56 Å². The molecule has 1 fully saturated rings. The topological polar surface area (TPSA) is 57.6 Å². The molecule has 1 unspecified atom stereocenters. The van der Waals surface area contributed by atoms with E-state index in [1.165, 1.54) is 6.07 Å². The third-order valence-corrected chi connectivity index (χ3v) is 3.71. The van der Waals surface area contributed by atoms with Crippen molar-refractivity contribution in [2.75, 3.05) is 11.4 Å². The predicted molar refractivity (Wildman–Crippen MR) is 76.5 cm³/mol. The van der Waals surface area contributed by atoms with Gasteiger partial charge in [0.25, 0.3) is 0 Å². The number of carboxylic acid groups (broad SMARTS) is 1. The zero-order valence-electron chi connectivity index (χ0n) is 10.5. The number of carboxylic acids is 1. The van der Waals surface area contributed by atoms with Crippen LogP contribution in [0.25, 0.3) is 0 Å². The number of carbonyl (C=O) groups is 2. The molecule has 0 spiro atoms. The highest BCUT2D eigenvalue weighted by Crippen LogP contribution is 2.33.